The fourth-order valence-corrected chi connectivity index (χ4v) is 5.73. The van der Waals surface area contributed by atoms with Crippen LogP contribution in [0.5, 0.6) is 0 Å². The van der Waals surface area contributed by atoms with Crippen LogP contribution in [0.3, 0.4) is 0 Å². The van der Waals surface area contributed by atoms with Crippen molar-refractivity contribution < 1.29 is 18.3 Å². The predicted octanol–water partition coefficient (Wildman–Crippen LogP) is 4.80. The lowest BCUT2D eigenvalue weighted by molar-refractivity contribution is -0.135. The molecule has 0 fully saturated rings. The van der Waals surface area contributed by atoms with Crippen LogP contribution in [0.4, 0.5) is 5.69 Å². The SMILES string of the molecule is CCn1c2ccccc2c2cc(N(CC(=O)O)S(=O)(=O)c3cc(Cl)nc(Cl)c3)ccc21. The highest BCUT2D eigenvalue weighted by molar-refractivity contribution is 7.92. The van der Waals surface area contributed by atoms with Crippen LogP contribution in [0.15, 0.2) is 59.5 Å². The van der Waals surface area contributed by atoms with Crippen molar-refractivity contribution in [1.29, 1.82) is 0 Å². The predicted molar refractivity (Wildman–Crippen MR) is 122 cm³/mol. The molecule has 0 aliphatic carbocycles. The summed E-state index contributed by atoms with van der Waals surface area (Å²) in [5, 5.41) is 11.0. The smallest absolute Gasteiger partial charge is 0.324 e. The number of aromatic nitrogens is 2. The number of fused-ring (bicyclic) bond motifs is 3. The Morgan fingerprint density at radius 3 is 2.32 bits per heavy atom. The molecule has 160 valence electrons. The number of hydrogen-bond donors (Lipinski definition) is 1. The molecule has 0 bridgehead atoms. The first-order valence-electron chi connectivity index (χ1n) is 9.31. The van der Waals surface area contributed by atoms with Gasteiger partial charge in [-0.05, 0) is 43.3 Å². The van der Waals surface area contributed by atoms with E-state index in [0.29, 0.717) is 0 Å². The monoisotopic (exact) mass is 477 g/mol. The molecule has 0 amide bonds. The van der Waals surface area contributed by atoms with Gasteiger partial charge in [0, 0.05) is 28.4 Å². The van der Waals surface area contributed by atoms with Gasteiger partial charge in [-0.3, -0.25) is 9.10 Å². The summed E-state index contributed by atoms with van der Waals surface area (Å²) in [6.07, 6.45) is 0. The molecule has 4 aromatic rings. The van der Waals surface area contributed by atoms with E-state index in [0.717, 1.165) is 44.8 Å². The summed E-state index contributed by atoms with van der Waals surface area (Å²) in [7, 11) is -4.28. The number of halogens is 2. The highest BCUT2D eigenvalue weighted by atomic mass is 35.5. The number of para-hydroxylation sites is 1. The molecule has 0 atom stereocenters. The van der Waals surface area contributed by atoms with Crippen LogP contribution in [0.1, 0.15) is 6.92 Å². The van der Waals surface area contributed by atoms with Crippen LogP contribution in [0, 0.1) is 0 Å². The van der Waals surface area contributed by atoms with Gasteiger partial charge in [0.2, 0.25) is 0 Å². The van der Waals surface area contributed by atoms with E-state index in [2.05, 4.69) is 9.55 Å². The minimum absolute atomic E-state index is 0.109. The summed E-state index contributed by atoms with van der Waals surface area (Å²) in [6, 6.07) is 15.1. The minimum Gasteiger partial charge on any atom is -0.480 e. The molecule has 0 saturated heterocycles. The number of nitrogens with zero attached hydrogens (tertiary/aromatic N) is 3. The van der Waals surface area contributed by atoms with Gasteiger partial charge >= 0.3 is 5.97 Å². The third-order valence-electron chi connectivity index (χ3n) is 4.96. The summed E-state index contributed by atoms with van der Waals surface area (Å²) in [5.74, 6) is -1.30. The van der Waals surface area contributed by atoms with E-state index < -0.39 is 22.5 Å². The molecule has 31 heavy (non-hydrogen) atoms. The quantitative estimate of drug-likeness (QED) is 0.402. The maximum atomic E-state index is 13.3. The second kappa shape index (κ2) is 8.03. The van der Waals surface area contributed by atoms with Gasteiger partial charge in [-0.15, -0.1) is 0 Å². The molecule has 4 rings (SSSR count). The Bertz CT molecular complexity index is 1410. The van der Waals surface area contributed by atoms with E-state index >= 15 is 0 Å². The van der Waals surface area contributed by atoms with Crippen molar-refractivity contribution in [1.82, 2.24) is 9.55 Å². The van der Waals surface area contributed by atoms with Crippen molar-refractivity contribution in [2.75, 3.05) is 10.8 Å². The van der Waals surface area contributed by atoms with Gasteiger partial charge < -0.3 is 9.67 Å². The molecular weight excluding hydrogens is 461 g/mol. The van der Waals surface area contributed by atoms with Crippen LogP contribution in [-0.4, -0.2) is 35.6 Å². The first-order chi connectivity index (χ1) is 14.7. The summed E-state index contributed by atoms with van der Waals surface area (Å²) < 4.78 is 29.6. The summed E-state index contributed by atoms with van der Waals surface area (Å²) >= 11 is 11.8. The molecule has 0 aliphatic rings. The maximum Gasteiger partial charge on any atom is 0.324 e. The van der Waals surface area contributed by atoms with Crippen molar-refractivity contribution >= 4 is 66.7 Å². The fraction of sp³-hybridized carbons (Fsp3) is 0.143. The number of benzene rings is 2. The summed E-state index contributed by atoms with van der Waals surface area (Å²) in [4.78, 5) is 15.1. The minimum atomic E-state index is -4.28. The normalized spacial score (nSPS) is 11.8. The summed E-state index contributed by atoms with van der Waals surface area (Å²) in [6.45, 7) is 1.99. The van der Waals surface area contributed by atoms with Crippen molar-refractivity contribution in [3.05, 3.63) is 64.9 Å². The molecule has 2 heterocycles. The Balaban J connectivity index is 1.94. The largest absolute Gasteiger partial charge is 0.480 e. The average molecular weight is 478 g/mol. The lowest BCUT2D eigenvalue weighted by atomic mass is 10.1. The maximum absolute atomic E-state index is 13.3. The van der Waals surface area contributed by atoms with Crippen LogP contribution >= 0.6 is 23.2 Å². The lowest BCUT2D eigenvalue weighted by Crippen LogP contribution is -2.35. The van der Waals surface area contributed by atoms with E-state index in [1.807, 2.05) is 31.2 Å². The number of pyridine rings is 1. The number of hydrogen-bond acceptors (Lipinski definition) is 4. The van der Waals surface area contributed by atoms with Crippen molar-refractivity contribution in [2.24, 2.45) is 0 Å². The van der Waals surface area contributed by atoms with Gasteiger partial charge in [-0.25, -0.2) is 13.4 Å². The first kappa shape index (κ1) is 21.4. The van der Waals surface area contributed by atoms with E-state index in [-0.39, 0.29) is 20.9 Å². The van der Waals surface area contributed by atoms with Crippen LogP contribution < -0.4 is 4.31 Å². The molecule has 0 radical (unpaired) electrons. The van der Waals surface area contributed by atoms with Crippen LogP contribution in [0.25, 0.3) is 21.8 Å². The average Bonchev–Trinajstić information content (AvgIpc) is 3.04. The zero-order chi connectivity index (χ0) is 22.3. The number of anilines is 1. The molecule has 1 N–H and O–H groups in total. The Morgan fingerprint density at radius 2 is 1.68 bits per heavy atom. The number of sulfonamides is 1. The Morgan fingerprint density at radius 1 is 1.03 bits per heavy atom. The number of carbonyl (C=O) groups is 1. The Labute approximate surface area is 188 Å². The molecule has 7 nitrogen and oxygen atoms in total. The van der Waals surface area contributed by atoms with E-state index in [1.54, 1.807) is 18.2 Å². The topological polar surface area (TPSA) is 92.5 Å². The lowest BCUT2D eigenvalue weighted by Gasteiger charge is -2.23. The number of rotatable bonds is 6. The number of aliphatic carboxylic acids is 1. The third-order valence-corrected chi connectivity index (χ3v) is 7.10. The molecule has 0 unspecified atom stereocenters. The van der Waals surface area contributed by atoms with Crippen molar-refractivity contribution in [3.63, 3.8) is 0 Å². The highest BCUT2D eigenvalue weighted by Gasteiger charge is 2.28. The van der Waals surface area contributed by atoms with Gasteiger partial charge in [0.05, 0.1) is 10.6 Å². The molecular formula is C21H17Cl2N3O4S. The van der Waals surface area contributed by atoms with E-state index in [1.165, 1.54) is 0 Å². The van der Waals surface area contributed by atoms with Crippen molar-refractivity contribution in [3.8, 4) is 0 Å². The van der Waals surface area contributed by atoms with Crippen LogP contribution in [-0.2, 0) is 21.4 Å². The number of aryl methyl sites for hydroxylation is 1. The van der Waals surface area contributed by atoms with Gasteiger partial charge in [0.25, 0.3) is 10.0 Å². The molecule has 0 spiro atoms. The van der Waals surface area contributed by atoms with Gasteiger partial charge in [-0.2, -0.15) is 0 Å². The van der Waals surface area contributed by atoms with Gasteiger partial charge in [0.15, 0.2) is 0 Å². The fourth-order valence-electron chi connectivity index (χ4n) is 3.69. The Hall–Kier alpha value is -2.81. The second-order valence-electron chi connectivity index (χ2n) is 6.82. The van der Waals surface area contributed by atoms with Gasteiger partial charge in [0.1, 0.15) is 16.9 Å². The highest BCUT2D eigenvalue weighted by Crippen LogP contribution is 2.34. The molecule has 0 aliphatic heterocycles. The molecule has 10 heteroatoms. The van der Waals surface area contributed by atoms with Crippen molar-refractivity contribution in [2.45, 2.75) is 18.4 Å². The first-order valence-corrected chi connectivity index (χ1v) is 11.5. The summed E-state index contributed by atoms with van der Waals surface area (Å²) in [5.41, 5.74) is 2.16. The zero-order valence-corrected chi connectivity index (χ0v) is 18.6. The van der Waals surface area contributed by atoms with Crippen LogP contribution in [0.2, 0.25) is 10.3 Å². The zero-order valence-electron chi connectivity index (χ0n) is 16.3. The number of carboxylic acids is 1. The second-order valence-corrected chi connectivity index (χ2v) is 9.45. The van der Waals surface area contributed by atoms with Gasteiger partial charge in [-0.1, -0.05) is 41.4 Å². The Kier molecular flexibility index (Phi) is 5.55. The van der Waals surface area contributed by atoms with E-state index in [9.17, 15) is 18.3 Å². The van der Waals surface area contributed by atoms with E-state index in [4.69, 9.17) is 23.2 Å². The molecule has 2 aromatic heterocycles. The number of carboxylic acid groups (broad SMARTS) is 1. The third kappa shape index (κ3) is 3.82. The molecule has 0 saturated carbocycles. The molecule has 2 aromatic carbocycles. The standard InChI is InChI=1S/C21H17Cl2N3O4S/c1-2-25-17-6-4-3-5-15(17)16-9-13(7-8-18(16)25)26(12-21(27)28)31(29,30)14-10-19(22)24-20(23)11-14/h3-11H,2,12H2,1H3,(H,27,28).